The highest BCUT2D eigenvalue weighted by atomic mass is 32.2. The van der Waals surface area contributed by atoms with Gasteiger partial charge >= 0.3 is 0 Å². The molecule has 6 nitrogen and oxygen atoms in total. The molecule has 0 saturated heterocycles. The minimum Gasteiger partial charge on any atom is -0.453 e. The van der Waals surface area contributed by atoms with Crippen molar-refractivity contribution in [2.75, 3.05) is 6.26 Å². The van der Waals surface area contributed by atoms with Crippen LogP contribution in [0, 0.1) is 24.4 Å². The molecular formula is C25H18F3N3O3S2. The van der Waals surface area contributed by atoms with Gasteiger partial charge in [-0.2, -0.15) is 9.49 Å². The van der Waals surface area contributed by atoms with Crippen LogP contribution in [0.25, 0.3) is 22.2 Å². The van der Waals surface area contributed by atoms with Gasteiger partial charge in [0.15, 0.2) is 11.6 Å². The van der Waals surface area contributed by atoms with Crippen molar-refractivity contribution < 1.29 is 26.3 Å². The van der Waals surface area contributed by atoms with E-state index in [9.17, 15) is 12.8 Å². The zero-order chi connectivity index (χ0) is 25.6. The second kappa shape index (κ2) is 9.07. The molecule has 184 valence electrons. The molecule has 0 saturated carbocycles. The van der Waals surface area contributed by atoms with Crippen molar-refractivity contribution in [3.63, 3.8) is 0 Å². The summed E-state index contributed by atoms with van der Waals surface area (Å²) in [6.45, 7) is 1.81. The predicted molar refractivity (Wildman–Crippen MR) is 131 cm³/mol. The number of halogens is 3. The van der Waals surface area contributed by atoms with Crippen LogP contribution in [0.15, 0.2) is 76.8 Å². The molecule has 5 rings (SSSR count). The largest absolute Gasteiger partial charge is 0.453 e. The molecule has 1 N–H and O–H groups in total. The molecule has 5 aromatic rings. The van der Waals surface area contributed by atoms with Gasteiger partial charge in [-0.25, -0.2) is 21.2 Å². The van der Waals surface area contributed by atoms with Crippen molar-refractivity contribution in [2.24, 2.45) is 0 Å². The lowest BCUT2D eigenvalue weighted by atomic mass is 10.1. The van der Waals surface area contributed by atoms with Crippen LogP contribution in [0.1, 0.15) is 5.56 Å². The van der Waals surface area contributed by atoms with E-state index >= 15 is 8.78 Å². The Morgan fingerprint density at radius 3 is 2.42 bits per heavy atom. The molecule has 36 heavy (non-hydrogen) atoms. The molecule has 0 atom stereocenters. The van der Waals surface area contributed by atoms with Crippen molar-refractivity contribution in [1.82, 2.24) is 14.2 Å². The Labute approximate surface area is 208 Å². The highest BCUT2D eigenvalue weighted by Crippen LogP contribution is 2.43. The fourth-order valence-corrected chi connectivity index (χ4v) is 5.90. The second-order valence-electron chi connectivity index (χ2n) is 7.90. The van der Waals surface area contributed by atoms with Crippen molar-refractivity contribution in [1.29, 1.82) is 0 Å². The van der Waals surface area contributed by atoms with Crippen LogP contribution in [0.2, 0.25) is 0 Å². The summed E-state index contributed by atoms with van der Waals surface area (Å²) in [4.78, 5) is 0.128. The second-order valence-corrected chi connectivity index (χ2v) is 10.5. The summed E-state index contributed by atoms with van der Waals surface area (Å²) >= 11 is 1.06. The summed E-state index contributed by atoms with van der Waals surface area (Å²) in [5, 5.41) is 6.59. The van der Waals surface area contributed by atoms with Crippen LogP contribution >= 0.6 is 11.8 Å². The molecule has 0 unspecified atom stereocenters. The quantitative estimate of drug-likeness (QED) is 0.254. The monoisotopic (exact) mass is 529 g/mol. The van der Waals surface area contributed by atoms with Gasteiger partial charge in [0.25, 0.3) is 10.0 Å². The Kier molecular flexibility index (Phi) is 6.05. The fourth-order valence-electron chi connectivity index (χ4n) is 3.85. The van der Waals surface area contributed by atoms with Gasteiger partial charge in [0, 0.05) is 23.3 Å². The number of thioether (sulfide) groups is 1. The third-order valence-corrected chi connectivity index (χ3v) is 8.14. The Morgan fingerprint density at radius 2 is 1.75 bits per heavy atom. The fraction of sp³-hybridized carbons (Fsp3) is 0.0800. The molecule has 11 heteroatoms. The normalized spacial score (nSPS) is 11.8. The number of ether oxygens (including phenoxy) is 1. The van der Waals surface area contributed by atoms with Crippen molar-refractivity contribution in [3.8, 4) is 22.8 Å². The molecule has 0 bridgehead atoms. The minimum atomic E-state index is -4.20. The number of benzene rings is 3. The van der Waals surface area contributed by atoms with E-state index < -0.39 is 38.7 Å². The van der Waals surface area contributed by atoms with Crippen molar-refractivity contribution in [2.45, 2.75) is 16.7 Å². The number of aryl methyl sites for hydroxylation is 1. The summed E-state index contributed by atoms with van der Waals surface area (Å²) in [5.41, 5.74) is 0.935. The zero-order valence-corrected chi connectivity index (χ0v) is 20.6. The minimum absolute atomic E-state index is 0.0562. The number of fused-ring (bicyclic) bond motifs is 1. The number of aromatic amines is 1. The molecule has 0 aliphatic heterocycles. The summed E-state index contributed by atoms with van der Waals surface area (Å²) in [7, 11) is -4.20. The molecule has 0 fully saturated rings. The lowest BCUT2D eigenvalue weighted by Crippen LogP contribution is -2.13. The zero-order valence-electron chi connectivity index (χ0n) is 18.9. The lowest BCUT2D eigenvalue weighted by molar-refractivity contribution is 0.409. The first-order valence-corrected chi connectivity index (χ1v) is 13.2. The van der Waals surface area contributed by atoms with Crippen LogP contribution in [0.3, 0.4) is 0 Å². The maximum absolute atomic E-state index is 15.4. The maximum Gasteiger partial charge on any atom is 0.268 e. The van der Waals surface area contributed by atoms with Crippen LogP contribution < -0.4 is 4.74 Å². The number of hydrogen-bond acceptors (Lipinski definition) is 5. The number of rotatable bonds is 6. The Morgan fingerprint density at radius 1 is 1.00 bits per heavy atom. The highest BCUT2D eigenvalue weighted by molar-refractivity contribution is 7.99. The van der Waals surface area contributed by atoms with E-state index in [4.69, 9.17) is 4.74 Å². The van der Waals surface area contributed by atoms with Crippen LogP contribution in [-0.2, 0) is 10.0 Å². The maximum atomic E-state index is 15.4. The van der Waals surface area contributed by atoms with Crippen LogP contribution in [0.4, 0.5) is 13.2 Å². The van der Waals surface area contributed by atoms with Gasteiger partial charge in [-0.15, -0.1) is 11.8 Å². The Balaban J connectivity index is 1.64. The first-order chi connectivity index (χ1) is 17.2. The summed E-state index contributed by atoms with van der Waals surface area (Å²) < 4.78 is 78.1. The highest BCUT2D eigenvalue weighted by Gasteiger charge is 2.28. The molecule has 2 aromatic heterocycles. The molecule has 0 aliphatic rings. The van der Waals surface area contributed by atoms with E-state index in [1.165, 1.54) is 42.7 Å². The van der Waals surface area contributed by atoms with Gasteiger partial charge in [0.05, 0.1) is 15.5 Å². The molecule has 2 heterocycles. The average molecular weight is 530 g/mol. The van der Waals surface area contributed by atoms with E-state index in [0.29, 0.717) is 5.69 Å². The van der Waals surface area contributed by atoms with Gasteiger partial charge in [-0.05, 0) is 55.6 Å². The summed E-state index contributed by atoms with van der Waals surface area (Å²) in [5.74, 6) is -3.68. The van der Waals surface area contributed by atoms with Gasteiger partial charge < -0.3 is 4.74 Å². The number of nitrogens with one attached hydrogen (secondary N) is 1. The van der Waals surface area contributed by atoms with E-state index in [1.54, 1.807) is 24.5 Å². The third-order valence-electron chi connectivity index (χ3n) is 5.63. The first kappa shape index (κ1) is 24.0. The lowest BCUT2D eigenvalue weighted by Gasteiger charge is -2.15. The Bertz CT molecular complexity index is 1700. The number of nitrogens with zero attached hydrogens (tertiary/aromatic N) is 2. The van der Waals surface area contributed by atoms with E-state index in [2.05, 4.69) is 10.2 Å². The van der Waals surface area contributed by atoms with E-state index in [-0.39, 0.29) is 26.5 Å². The van der Waals surface area contributed by atoms with Crippen molar-refractivity contribution >= 4 is 32.7 Å². The van der Waals surface area contributed by atoms with Crippen LogP contribution in [0.5, 0.6) is 11.5 Å². The van der Waals surface area contributed by atoms with E-state index in [1.807, 2.05) is 6.92 Å². The van der Waals surface area contributed by atoms with Crippen molar-refractivity contribution in [3.05, 3.63) is 90.0 Å². The predicted octanol–water partition coefficient (Wildman–Crippen LogP) is 6.51. The number of aromatic nitrogens is 3. The summed E-state index contributed by atoms with van der Waals surface area (Å²) in [6.07, 6.45) is 4.26. The first-order valence-electron chi connectivity index (χ1n) is 10.6. The van der Waals surface area contributed by atoms with E-state index in [0.717, 1.165) is 27.4 Å². The molecular weight excluding hydrogens is 511 g/mol. The van der Waals surface area contributed by atoms with Gasteiger partial charge in [0.1, 0.15) is 17.1 Å². The SMILES string of the molecule is CSc1c(Oc2ccc(F)c(-c3ccn[nH]3)c2)c(F)c(F)c2c1ccn2S(=O)(=O)c1ccc(C)cc1. The molecule has 0 aliphatic carbocycles. The van der Waals surface area contributed by atoms with Gasteiger partial charge in [0.2, 0.25) is 5.82 Å². The Hall–Kier alpha value is -3.70. The van der Waals surface area contributed by atoms with Gasteiger partial charge in [-0.3, -0.25) is 5.10 Å². The third kappa shape index (κ3) is 3.94. The molecule has 0 amide bonds. The average Bonchev–Trinajstić information content (AvgIpc) is 3.55. The smallest absolute Gasteiger partial charge is 0.268 e. The molecule has 3 aromatic carbocycles. The molecule has 0 radical (unpaired) electrons. The molecule has 0 spiro atoms. The number of H-pyrrole nitrogens is 1. The standard InChI is InChI=1S/C25H18F3N3O3S2/c1-14-3-6-16(7-4-14)36(32,33)31-12-10-17-23(31)21(27)22(28)24(25(17)35-2)34-15-5-8-19(26)18(13-15)20-9-11-29-30-20/h3-13H,1-2H3,(H,29,30). The summed E-state index contributed by atoms with van der Waals surface area (Å²) in [6, 6.07) is 12.8. The number of hydrogen-bond donors (Lipinski definition) is 1. The topological polar surface area (TPSA) is 77.0 Å². The van der Waals surface area contributed by atoms with Crippen LogP contribution in [-0.4, -0.2) is 28.8 Å². The van der Waals surface area contributed by atoms with Gasteiger partial charge in [-0.1, -0.05) is 17.7 Å².